The van der Waals surface area contributed by atoms with Gasteiger partial charge >= 0.3 is 0 Å². The van der Waals surface area contributed by atoms with Gasteiger partial charge in [0, 0.05) is 42.7 Å². The first kappa shape index (κ1) is 21.4. The standard InChI is InChI=1S/C25H29N3O2S/c1-25(2,3)20-10-8-18(9-11-20)23(29)27-12-14-28(15-13-27)24-26-22(17-31-24)19-6-5-7-21(16-19)30-4/h5-11,16-17H,12-15H2,1-4H3. The van der Waals surface area contributed by atoms with E-state index in [4.69, 9.17) is 9.72 Å². The molecule has 162 valence electrons. The van der Waals surface area contributed by atoms with Crippen LogP contribution in [0.2, 0.25) is 0 Å². The molecule has 0 unspecified atom stereocenters. The molecule has 6 heteroatoms. The van der Waals surface area contributed by atoms with Gasteiger partial charge in [0.1, 0.15) is 5.75 Å². The van der Waals surface area contributed by atoms with Crippen LogP contribution in [0.1, 0.15) is 36.7 Å². The van der Waals surface area contributed by atoms with Crippen molar-refractivity contribution in [3.8, 4) is 17.0 Å². The van der Waals surface area contributed by atoms with E-state index in [0.29, 0.717) is 13.1 Å². The number of carbonyl (C=O) groups excluding carboxylic acids is 1. The van der Waals surface area contributed by atoms with Crippen LogP contribution in [0.4, 0.5) is 5.13 Å². The third-order valence-corrected chi connectivity index (χ3v) is 6.59. The third-order valence-electron chi connectivity index (χ3n) is 5.69. The Morgan fingerprint density at radius 2 is 1.74 bits per heavy atom. The molecule has 5 nitrogen and oxygen atoms in total. The molecule has 2 heterocycles. The lowest BCUT2D eigenvalue weighted by atomic mass is 9.86. The molecule has 0 spiro atoms. The summed E-state index contributed by atoms with van der Waals surface area (Å²) in [6, 6.07) is 16.0. The minimum Gasteiger partial charge on any atom is -0.497 e. The van der Waals surface area contributed by atoms with E-state index in [-0.39, 0.29) is 11.3 Å². The van der Waals surface area contributed by atoms with Crippen LogP contribution in [0, 0.1) is 0 Å². The zero-order valence-electron chi connectivity index (χ0n) is 18.6. The molecule has 31 heavy (non-hydrogen) atoms. The average molecular weight is 436 g/mol. The van der Waals surface area contributed by atoms with Crippen molar-refractivity contribution in [1.29, 1.82) is 0 Å². The summed E-state index contributed by atoms with van der Waals surface area (Å²) in [5, 5.41) is 3.08. The Hall–Kier alpha value is -2.86. The molecule has 3 aromatic rings. The molecule has 0 aliphatic carbocycles. The van der Waals surface area contributed by atoms with E-state index >= 15 is 0 Å². The molecule has 4 rings (SSSR count). The molecule has 1 amide bonds. The normalized spacial score (nSPS) is 14.6. The van der Waals surface area contributed by atoms with Gasteiger partial charge in [-0.2, -0.15) is 0 Å². The van der Waals surface area contributed by atoms with E-state index < -0.39 is 0 Å². The Morgan fingerprint density at radius 3 is 2.39 bits per heavy atom. The van der Waals surface area contributed by atoms with Gasteiger partial charge in [-0.15, -0.1) is 11.3 Å². The first-order valence-electron chi connectivity index (χ1n) is 10.6. The Kier molecular flexibility index (Phi) is 6.01. The number of aromatic nitrogens is 1. The van der Waals surface area contributed by atoms with Crippen LogP contribution in [0.5, 0.6) is 5.75 Å². The summed E-state index contributed by atoms with van der Waals surface area (Å²) in [4.78, 5) is 22.0. The lowest BCUT2D eigenvalue weighted by Crippen LogP contribution is -2.48. The molecule has 0 radical (unpaired) electrons. The summed E-state index contributed by atoms with van der Waals surface area (Å²) in [6.07, 6.45) is 0. The second kappa shape index (κ2) is 8.71. The topological polar surface area (TPSA) is 45.7 Å². The highest BCUT2D eigenvalue weighted by Gasteiger charge is 2.24. The predicted molar refractivity (Wildman–Crippen MR) is 127 cm³/mol. The average Bonchev–Trinajstić information content (AvgIpc) is 3.29. The molecule has 0 saturated carbocycles. The number of benzene rings is 2. The van der Waals surface area contributed by atoms with E-state index in [1.54, 1.807) is 18.4 Å². The van der Waals surface area contributed by atoms with Crippen molar-refractivity contribution in [2.75, 3.05) is 38.2 Å². The van der Waals surface area contributed by atoms with E-state index in [9.17, 15) is 4.79 Å². The zero-order valence-corrected chi connectivity index (χ0v) is 19.4. The largest absolute Gasteiger partial charge is 0.497 e. The summed E-state index contributed by atoms with van der Waals surface area (Å²) in [7, 11) is 1.67. The fraction of sp³-hybridized carbons (Fsp3) is 0.360. The van der Waals surface area contributed by atoms with Gasteiger partial charge in [0.05, 0.1) is 12.8 Å². The predicted octanol–water partition coefficient (Wildman–Crippen LogP) is 5.08. The summed E-state index contributed by atoms with van der Waals surface area (Å²) >= 11 is 1.64. The van der Waals surface area contributed by atoms with Crippen molar-refractivity contribution < 1.29 is 9.53 Å². The Bertz CT molecular complexity index is 1050. The molecule has 1 fully saturated rings. The number of piperazine rings is 1. The monoisotopic (exact) mass is 435 g/mol. The Morgan fingerprint density at radius 1 is 1.03 bits per heavy atom. The van der Waals surface area contributed by atoms with Crippen molar-refractivity contribution in [1.82, 2.24) is 9.88 Å². The minimum absolute atomic E-state index is 0.0879. The fourth-order valence-electron chi connectivity index (χ4n) is 3.72. The van der Waals surface area contributed by atoms with E-state index in [2.05, 4.69) is 43.2 Å². The molecule has 0 bridgehead atoms. The van der Waals surface area contributed by atoms with Crippen molar-refractivity contribution in [2.45, 2.75) is 26.2 Å². The van der Waals surface area contributed by atoms with Crippen LogP contribution in [0.25, 0.3) is 11.3 Å². The number of nitrogens with zero attached hydrogens (tertiary/aromatic N) is 3. The van der Waals surface area contributed by atoms with Crippen LogP contribution >= 0.6 is 11.3 Å². The highest BCUT2D eigenvalue weighted by molar-refractivity contribution is 7.14. The van der Waals surface area contributed by atoms with Gasteiger partial charge in [-0.25, -0.2) is 4.98 Å². The van der Waals surface area contributed by atoms with Crippen molar-refractivity contribution in [3.05, 3.63) is 65.0 Å². The molecule has 0 atom stereocenters. The lowest BCUT2D eigenvalue weighted by molar-refractivity contribution is 0.0746. The quantitative estimate of drug-likeness (QED) is 0.573. The fourth-order valence-corrected chi connectivity index (χ4v) is 4.61. The second-order valence-electron chi connectivity index (χ2n) is 8.85. The molecule has 1 aliphatic rings. The Labute approximate surface area is 188 Å². The number of thiazole rings is 1. The number of hydrogen-bond donors (Lipinski definition) is 0. The molecule has 1 aromatic heterocycles. The van der Waals surface area contributed by atoms with Crippen molar-refractivity contribution >= 4 is 22.4 Å². The van der Waals surface area contributed by atoms with Gasteiger partial charge in [0.25, 0.3) is 5.91 Å². The van der Waals surface area contributed by atoms with Crippen LogP contribution in [0.3, 0.4) is 0 Å². The molecule has 2 aromatic carbocycles. The summed E-state index contributed by atoms with van der Waals surface area (Å²) < 4.78 is 5.32. The van der Waals surface area contributed by atoms with Gasteiger partial charge < -0.3 is 14.5 Å². The summed E-state index contributed by atoms with van der Waals surface area (Å²) in [6.45, 7) is 9.53. The molecule has 0 N–H and O–H groups in total. The molecular weight excluding hydrogens is 406 g/mol. The number of carbonyl (C=O) groups is 1. The number of amides is 1. The smallest absolute Gasteiger partial charge is 0.253 e. The van der Waals surface area contributed by atoms with Crippen molar-refractivity contribution in [3.63, 3.8) is 0 Å². The third kappa shape index (κ3) is 4.74. The molecule has 1 aliphatic heterocycles. The van der Waals surface area contributed by atoms with Crippen LogP contribution in [0.15, 0.2) is 53.9 Å². The first-order chi connectivity index (χ1) is 14.8. The number of anilines is 1. The van der Waals surface area contributed by atoms with Gasteiger partial charge in [0.2, 0.25) is 0 Å². The minimum atomic E-state index is 0.0879. The van der Waals surface area contributed by atoms with E-state index in [0.717, 1.165) is 40.8 Å². The van der Waals surface area contributed by atoms with Gasteiger partial charge in [-0.05, 0) is 35.2 Å². The maximum Gasteiger partial charge on any atom is 0.253 e. The van der Waals surface area contributed by atoms with Crippen molar-refractivity contribution in [2.24, 2.45) is 0 Å². The highest BCUT2D eigenvalue weighted by Crippen LogP contribution is 2.30. The number of rotatable bonds is 4. The number of hydrogen-bond acceptors (Lipinski definition) is 5. The maximum atomic E-state index is 12.9. The van der Waals surface area contributed by atoms with E-state index in [1.165, 1.54) is 5.56 Å². The molecule has 1 saturated heterocycles. The second-order valence-corrected chi connectivity index (χ2v) is 9.69. The van der Waals surface area contributed by atoms with Gasteiger partial charge in [-0.1, -0.05) is 45.0 Å². The highest BCUT2D eigenvalue weighted by atomic mass is 32.1. The zero-order chi connectivity index (χ0) is 22.0. The maximum absolute atomic E-state index is 12.9. The van der Waals surface area contributed by atoms with Crippen LogP contribution in [-0.2, 0) is 5.41 Å². The summed E-state index contributed by atoms with van der Waals surface area (Å²) in [5.74, 6) is 0.936. The Balaban J connectivity index is 1.38. The lowest BCUT2D eigenvalue weighted by Gasteiger charge is -2.34. The first-order valence-corrected chi connectivity index (χ1v) is 11.5. The van der Waals surface area contributed by atoms with Crippen LogP contribution < -0.4 is 9.64 Å². The van der Waals surface area contributed by atoms with Crippen LogP contribution in [-0.4, -0.2) is 49.1 Å². The van der Waals surface area contributed by atoms with Gasteiger partial charge in [-0.3, -0.25) is 4.79 Å². The van der Waals surface area contributed by atoms with E-state index in [1.807, 2.05) is 41.3 Å². The molecular formula is C25H29N3O2S. The summed E-state index contributed by atoms with van der Waals surface area (Å²) in [5.41, 5.74) is 4.09. The number of methoxy groups -OCH3 is 1. The number of ether oxygens (including phenoxy) is 1. The van der Waals surface area contributed by atoms with Gasteiger partial charge in [0.15, 0.2) is 5.13 Å². The SMILES string of the molecule is COc1cccc(-c2csc(N3CCN(C(=O)c4ccc(C(C)(C)C)cc4)CC3)n2)c1.